The third-order valence-electron chi connectivity index (χ3n) is 4.54. The minimum atomic E-state index is -3.07. The third kappa shape index (κ3) is 2.82. The molecular formula is C16H18N2O4S2. The lowest BCUT2D eigenvalue weighted by atomic mass is 10.2. The number of amidine groups is 1. The van der Waals surface area contributed by atoms with Crippen molar-refractivity contribution in [3.63, 3.8) is 0 Å². The molecule has 2 aliphatic heterocycles. The maximum atomic E-state index is 12.2. The number of carbonyl (C=O) groups is 1. The van der Waals surface area contributed by atoms with Gasteiger partial charge in [0.15, 0.2) is 15.0 Å². The molecule has 6 nitrogen and oxygen atoms in total. The number of hydrogen-bond acceptors (Lipinski definition) is 5. The SMILES string of the molecule is COc1ccccc1N1C(=NC(=O)C2CC2)SC2CS(=O)(=O)CC21. The Labute approximate surface area is 145 Å². The lowest BCUT2D eigenvalue weighted by molar-refractivity contribution is -0.118. The molecule has 8 heteroatoms. The molecule has 128 valence electrons. The topological polar surface area (TPSA) is 76.0 Å². The molecule has 3 fully saturated rings. The van der Waals surface area contributed by atoms with Gasteiger partial charge in [-0.2, -0.15) is 4.99 Å². The number of aliphatic imine (C=N–C) groups is 1. The minimum Gasteiger partial charge on any atom is -0.495 e. The summed E-state index contributed by atoms with van der Waals surface area (Å²) in [6.07, 6.45) is 1.80. The smallest absolute Gasteiger partial charge is 0.251 e. The van der Waals surface area contributed by atoms with E-state index in [1.165, 1.54) is 11.8 Å². The second-order valence-corrected chi connectivity index (χ2v) is 9.71. The van der Waals surface area contributed by atoms with Crippen molar-refractivity contribution in [1.82, 2.24) is 0 Å². The number of anilines is 1. The van der Waals surface area contributed by atoms with E-state index in [4.69, 9.17) is 4.74 Å². The molecule has 0 spiro atoms. The summed E-state index contributed by atoms with van der Waals surface area (Å²) in [4.78, 5) is 18.4. The summed E-state index contributed by atoms with van der Waals surface area (Å²) >= 11 is 1.40. The number of fused-ring (bicyclic) bond motifs is 1. The molecule has 2 heterocycles. The van der Waals surface area contributed by atoms with Crippen molar-refractivity contribution in [1.29, 1.82) is 0 Å². The summed E-state index contributed by atoms with van der Waals surface area (Å²) in [5, 5.41) is 0.506. The Bertz CT molecular complexity index is 817. The van der Waals surface area contributed by atoms with E-state index in [0.717, 1.165) is 18.5 Å². The Morgan fingerprint density at radius 3 is 2.75 bits per heavy atom. The van der Waals surface area contributed by atoms with Gasteiger partial charge in [-0.3, -0.25) is 4.79 Å². The first-order chi connectivity index (χ1) is 11.5. The maximum absolute atomic E-state index is 12.2. The summed E-state index contributed by atoms with van der Waals surface area (Å²) < 4.78 is 29.5. The number of sulfone groups is 1. The Morgan fingerprint density at radius 2 is 2.04 bits per heavy atom. The molecule has 1 saturated carbocycles. The van der Waals surface area contributed by atoms with E-state index < -0.39 is 9.84 Å². The van der Waals surface area contributed by atoms with Gasteiger partial charge in [-0.1, -0.05) is 23.9 Å². The third-order valence-corrected chi connectivity index (χ3v) is 7.75. The maximum Gasteiger partial charge on any atom is 0.251 e. The predicted octanol–water partition coefficient (Wildman–Crippen LogP) is 1.71. The van der Waals surface area contributed by atoms with Crippen LogP contribution in [0.2, 0.25) is 0 Å². The quantitative estimate of drug-likeness (QED) is 0.811. The summed E-state index contributed by atoms with van der Waals surface area (Å²) in [5.41, 5.74) is 0.763. The van der Waals surface area contributed by atoms with Crippen LogP contribution in [0.1, 0.15) is 12.8 Å². The fraction of sp³-hybridized carbons (Fsp3) is 0.500. The number of rotatable bonds is 3. The molecule has 24 heavy (non-hydrogen) atoms. The average Bonchev–Trinajstić information content (AvgIpc) is 3.28. The van der Waals surface area contributed by atoms with Crippen LogP contribution < -0.4 is 9.64 Å². The zero-order valence-corrected chi connectivity index (χ0v) is 14.8. The van der Waals surface area contributed by atoms with Crippen molar-refractivity contribution in [3.05, 3.63) is 24.3 Å². The van der Waals surface area contributed by atoms with Crippen LogP contribution in [0, 0.1) is 5.92 Å². The highest BCUT2D eigenvalue weighted by Gasteiger charge is 2.50. The molecule has 1 aliphatic carbocycles. The van der Waals surface area contributed by atoms with Crippen molar-refractivity contribution in [2.45, 2.75) is 24.1 Å². The molecule has 0 bridgehead atoms. The molecule has 3 aliphatic rings. The highest BCUT2D eigenvalue weighted by Crippen LogP contribution is 2.44. The molecule has 1 aromatic carbocycles. The van der Waals surface area contributed by atoms with Crippen molar-refractivity contribution < 1.29 is 17.9 Å². The highest BCUT2D eigenvalue weighted by atomic mass is 32.2. The van der Waals surface area contributed by atoms with Gasteiger partial charge in [-0.15, -0.1) is 0 Å². The van der Waals surface area contributed by atoms with Crippen molar-refractivity contribution >= 4 is 38.4 Å². The zero-order chi connectivity index (χ0) is 16.9. The van der Waals surface area contributed by atoms with Crippen LogP contribution in [0.25, 0.3) is 0 Å². The molecule has 0 radical (unpaired) electrons. The van der Waals surface area contributed by atoms with Gasteiger partial charge in [0.05, 0.1) is 30.3 Å². The van der Waals surface area contributed by atoms with E-state index >= 15 is 0 Å². The molecular weight excluding hydrogens is 348 g/mol. The van der Waals surface area contributed by atoms with Gasteiger partial charge < -0.3 is 9.64 Å². The lowest BCUT2D eigenvalue weighted by Crippen LogP contribution is -2.38. The zero-order valence-electron chi connectivity index (χ0n) is 13.2. The fourth-order valence-corrected chi connectivity index (χ4v) is 7.10. The van der Waals surface area contributed by atoms with Gasteiger partial charge in [-0.05, 0) is 25.0 Å². The van der Waals surface area contributed by atoms with E-state index in [9.17, 15) is 13.2 Å². The first-order valence-electron chi connectivity index (χ1n) is 7.90. The van der Waals surface area contributed by atoms with Gasteiger partial charge in [-0.25, -0.2) is 8.42 Å². The predicted molar refractivity (Wildman–Crippen MR) is 94.5 cm³/mol. The molecule has 4 rings (SSSR count). The first-order valence-corrected chi connectivity index (χ1v) is 10.6. The monoisotopic (exact) mass is 366 g/mol. The van der Waals surface area contributed by atoms with E-state index in [1.807, 2.05) is 29.2 Å². The first kappa shape index (κ1) is 16.0. The Balaban J connectivity index is 1.76. The van der Waals surface area contributed by atoms with E-state index in [0.29, 0.717) is 10.9 Å². The molecule has 0 aromatic heterocycles. The van der Waals surface area contributed by atoms with Crippen molar-refractivity contribution in [2.24, 2.45) is 10.9 Å². The number of benzene rings is 1. The number of methoxy groups -OCH3 is 1. The van der Waals surface area contributed by atoms with E-state index in [-0.39, 0.29) is 34.6 Å². The van der Waals surface area contributed by atoms with Gasteiger partial charge in [0, 0.05) is 11.2 Å². The summed E-state index contributed by atoms with van der Waals surface area (Å²) in [6, 6.07) is 7.24. The molecule has 2 saturated heterocycles. The Morgan fingerprint density at radius 1 is 1.29 bits per heavy atom. The van der Waals surface area contributed by atoms with Crippen molar-refractivity contribution in [3.8, 4) is 5.75 Å². The van der Waals surface area contributed by atoms with Crippen LogP contribution in [0.15, 0.2) is 29.3 Å². The van der Waals surface area contributed by atoms with E-state index in [1.54, 1.807) is 7.11 Å². The number of hydrogen-bond donors (Lipinski definition) is 0. The normalized spacial score (nSPS) is 29.7. The minimum absolute atomic E-state index is 0.0433. The van der Waals surface area contributed by atoms with Crippen LogP contribution in [-0.4, -0.2) is 49.4 Å². The lowest BCUT2D eigenvalue weighted by Gasteiger charge is -2.26. The van der Waals surface area contributed by atoms with Crippen molar-refractivity contribution in [2.75, 3.05) is 23.5 Å². The Hall–Kier alpha value is -1.54. The van der Waals surface area contributed by atoms with Gasteiger partial charge in [0.2, 0.25) is 0 Å². The fourth-order valence-electron chi connectivity index (χ4n) is 3.19. The molecule has 2 atom stereocenters. The molecule has 2 unspecified atom stereocenters. The summed E-state index contributed by atoms with van der Waals surface area (Å²) in [5.74, 6) is 0.806. The second kappa shape index (κ2) is 5.77. The van der Waals surface area contributed by atoms with Gasteiger partial charge in [0.1, 0.15) is 5.75 Å². The Kier molecular flexibility index (Phi) is 3.84. The number of ether oxygens (including phenoxy) is 1. The number of thioether (sulfide) groups is 1. The number of nitrogens with zero attached hydrogens (tertiary/aromatic N) is 2. The standard InChI is InChI=1S/C16H18N2O4S2/c1-22-13-5-3-2-4-11(13)18-12-8-24(20,21)9-14(12)23-16(18)17-15(19)10-6-7-10/h2-5,10,12,14H,6-9H2,1H3. The highest BCUT2D eigenvalue weighted by molar-refractivity contribution is 8.16. The number of carbonyl (C=O) groups excluding carboxylic acids is 1. The summed E-state index contributed by atoms with van der Waals surface area (Å²) in [6.45, 7) is 0. The van der Waals surface area contributed by atoms with Crippen LogP contribution in [-0.2, 0) is 14.6 Å². The largest absolute Gasteiger partial charge is 0.495 e. The van der Waals surface area contributed by atoms with Gasteiger partial charge in [0.25, 0.3) is 5.91 Å². The average molecular weight is 366 g/mol. The summed E-state index contributed by atoms with van der Waals surface area (Å²) in [7, 11) is -1.48. The molecule has 1 amide bonds. The van der Waals surface area contributed by atoms with E-state index in [2.05, 4.69) is 4.99 Å². The number of para-hydroxylation sites is 2. The molecule has 1 aromatic rings. The van der Waals surface area contributed by atoms with Crippen LogP contribution in [0.4, 0.5) is 5.69 Å². The van der Waals surface area contributed by atoms with Crippen LogP contribution in [0.5, 0.6) is 5.75 Å². The second-order valence-electron chi connectivity index (χ2n) is 6.35. The number of amides is 1. The molecule has 0 N–H and O–H groups in total. The van der Waals surface area contributed by atoms with Crippen LogP contribution in [0.3, 0.4) is 0 Å². The van der Waals surface area contributed by atoms with Crippen LogP contribution >= 0.6 is 11.8 Å². The van der Waals surface area contributed by atoms with Gasteiger partial charge >= 0.3 is 0 Å².